The number of hydrogen-bond donors (Lipinski definition) is 2. The average molecular weight is 680 g/mol. The van der Waals surface area contributed by atoms with Crippen LogP contribution in [0.2, 0.25) is 0 Å². The van der Waals surface area contributed by atoms with Crippen molar-refractivity contribution in [1.29, 1.82) is 0 Å². The van der Waals surface area contributed by atoms with Gasteiger partial charge < -0.3 is 23.8 Å². The molecule has 3 aromatic carbocycles. The maximum absolute atomic E-state index is 15.9. The molecule has 1 fully saturated rings. The lowest BCUT2D eigenvalue weighted by atomic mass is 9.98. The molecule has 1 aliphatic heterocycles. The van der Waals surface area contributed by atoms with Crippen LogP contribution in [0, 0.1) is 6.92 Å². The van der Waals surface area contributed by atoms with E-state index in [4.69, 9.17) is 23.3 Å². The van der Waals surface area contributed by atoms with Crippen LogP contribution in [0.3, 0.4) is 0 Å². The van der Waals surface area contributed by atoms with E-state index >= 15 is 4.39 Å². The highest BCUT2D eigenvalue weighted by molar-refractivity contribution is 7.52. The fraction of sp³-hybridized carbons (Fsp3) is 0.333. The van der Waals surface area contributed by atoms with Crippen molar-refractivity contribution >= 4 is 35.7 Å². The Balaban J connectivity index is 1.24. The molecule has 2 aromatic heterocycles. The van der Waals surface area contributed by atoms with Crippen LogP contribution in [0.25, 0.3) is 21.9 Å². The van der Waals surface area contributed by atoms with Crippen molar-refractivity contribution in [3.8, 4) is 11.6 Å². The van der Waals surface area contributed by atoms with E-state index in [2.05, 4.69) is 20.0 Å². The second kappa shape index (κ2) is 13.6. The molecule has 15 heteroatoms. The van der Waals surface area contributed by atoms with E-state index in [1.807, 2.05) is 36.4 Å². The summed E-state index contributed by atoms with van der Waals surface area (Å²) in [5, 5.41) is 15.4. The molecule has 0 saturated carbocycles. The Morgan fingerprint density at radius 3 is 2.62 bits per heavy atom. The standard InChI is InChI=1S/C33H35FN5O8P/c1-20(31(40)44-17-22-11-6-5-7-12-22)38-48(42,47-25-16-10-14-23-13-8-9-15-24(23)25)45-18-26-28(34)33(3,41)32(46-26)39-19-35-27-29(39)36-21(2)37-30(27)43-4/h5-16,19-20,26,28,32,41H,17-18H2,1-4H3,(H,38,42)/t20-,26+,28+,32+,33+,48?/m0/s1. The molecule has 13 nitrogen and oxygen atoms in total. The molecule has 0 bridgehead atoms. The predicted octanol–water partition coefficient (Wildman–Crippen LogP) is 5.21. The van der Waals surface area contributed by atoms with E-state index in [1.54, 1.807) is 43.3 Å². The topological polar surface area (TPSA) is 156 Å². The Bertz CT molecular complexity index is 1970. The van der Waals surface area contributed by atoms with Crippen LogP contribution in [-0.2, 0) is 30.0 Å². The monoisotopic (exact) mass is 679 g/mol. The number of aromatic nitrogens is 4. The van der Waals surface area contributed by atoms with Gasteiger partial charge in [0.05, 0.1) is 20.0 Å². The SMILES string of the molecule is COc1nc(C)nc2c1ncn2[C@@H]1O[C@H](COP(=O)(N[C@@H](C)C(=O)OCc2ccccc2)Oc2cccc3ccccc23)[C@@H](F)[C@@]1(C)O. The number of ether oxygens (including phenoxy) is 3. The molecule has 0 spiro atoms. The number of nitrogens with zero attached hydrogens (tertiary/aromatic N) is 4. The summed E-state index contributed by atoms with van der Waals surface area (Å²) in [4.78, 5) is 25.8. The summed E-state index contributed by atoms with van der Waals surface area (Å²) in [6.07, 6.45) is -3.39. The average Bonchev–Trinajstić information content (AvgIpc) is 3.59. The van der Waals surface area contributed by atoms with Crippen molar-refractivity contribution in [2.24, 2.45) is 0 Å². The van der Waals surface area contributed by atoms with Gasteiger partial charge in [0.25, 0.3) is 0 Å². The van der Waals surface area contributed by atoms with Crippen LogP contribution in [0.4, 0.5) is 4.39 Å². The maximum Gasteiger partial charge on any atom is 0.459 e. The van der Waals surface area contributed by atoms with Crippen molar-refractivity contribution in [3.63, 3.8) is 0 Å². The van der Waals surface area contributed by atoms with Gasteiger partial charge in [-0.25, -0.2) is 18.9 Å². The zero-order valence-corrected chi connectivity index (χ0v) is 27.5. The van der Waals surface area contributed by atoms with Gasteiger partial charge in [0.2, 0.25) is 5.88 Å². The summed E-state index contributed by atoms with van der Waals surface area (Å²) in [6.45, 7) is 3.74. The van der Waals surface area contributed by atoms with Gasteiger partial charge in [-0.1, -0.05) is 66.7 Å². The first kappa shape index (κ1) is 33.4. The number of nitrogens with one attached hydrogen (secondary N) is 1. The molecule has 6 atom stereocenters. The summed E-state index contributed by atoms with van der Waals surface area (Å²) in [5.74, 6) is 0.0630. The number of aliphatic hydroxyl groups is 1. The third-order valence-electron chi connectivity index (χ3n) is 7.94. The molecule has 3 heterocycles. The quantitative estimate of drug-likeness (QED) is 0.131. The van der Waals surface area contributed by atoms with Crippen molar-refractivity contribution in [2.45, 2.75) is 57.5 Å². The molecule has 1 unspecified atom stereocenters. The molecular formula is C33H35FN5O8P. The number of carbonyl (C=O) groups is 1. The number of hydrogen-bond acceptors (Lipinski definition) is 11. The molecule has 1 aliphatic rings. The zero-order valence-electron chi connectivity index (χ0n) is 26.6. The van der Waals surface area contributed by atoms with Crippen LogP contribution < -0.4 is 14.3 Å². The summed E-state index contributed by atoms with van der Waals surface area (Å²) in [6, 6.07) is 20.4. The molecule has 0 aliphatic carbocycles. The van der Waals surface area contributed by atoms with Gasteiger partial charge >= 0.3 is 13.7 Å². The van der Waals surface area contributed by atoms with Gasteiger partial charge in [0.1, 0.15) is 35.9 Å². The Morgan fingerprint density at radius 2 is 1.85 bits per heavy atom. The Kier molecular flexibility index (Phi) is 9.46. The molecule has 5 aromatic rings. The number of rotatable bonds is 12. The highest BCUT2D eigenvalue weighted by Crippen LogP contribution is 2.49. The largest absolute Gasteiger partial charge is 0.479 e. The van der Waals surface area contributed by atoms with Crippen molar-refractivity contribution in [2.75, 3.05) is 13.7 Å². The number of carbonyl (C=O) groups excluding carboxylic acids is 1. The van der Waals surface area contributed by atoms with Gasteiger partial charge in [-0.05, 0) is 37.8 Å². The lowest BCUT2D eigenvalue weighted by Crippen LogP contribution is -2.42. The third-order valence-corrected chi connectivity index (χ3v) is 9.57. The fourth-order valence-electron chi connectivity index (χ4n) is 5.47. The van der Waals surface area contributed by atoms with Gasteiger partial charge in [-0.2, -0.15) is 10.1 Å². The minimum Gasteiger partial charge on any atom is -0.479 e. The summed E-state index contributed by atoms with van der Waals surface area (Å²) < 4.78 is 60.2. The van der Waals surface area contributed by atoms with Crippen LogP contribution in [0.15, 0.2) is 79.1 Å². The number of halogens is 1. The molecular weight excluding hydrogens is 644 g/mol. The van der Waals surface area contributed by atoms with E-state index in [0.717, 1.165) is 10.9 Å². The molecule has 2 N–H and O–H groups in total. The van der Waals surface area contributed by atoms with Gasteiger partial charge in [0.15, 0.2) is 23.6 Å². The predicted molar refractivity (Wildman–Crippen MR) is 173 cm³/mol. The Hall–Kier alpha value is -4.46. The summed E-state index contributed by atoms with van der Waals surface area (Å²) in [7, 11) is -3.01. The number of fused-ring (bicyclic) bond motifs is 2. The Morgan fingerprint density at radius 1 is 1.12 bits per heavy atom. The molecule has 0 amide bonds. The van der Waals surface area contributed by atoms with E-state index in [1.165, 1.54) is 31.9 Å². The maximum atomic E-state index is 15.9. The number of methoxy groups -OCH3 is 1. The van der Waals surface area contributed by atoms with Crippen molar-refractivity contribution in [3.05, 3.63) is 90.5 Å². The molecule has 0 radical (unpaired) electrons. The van der Waals surface area contributed by atoms with E-state index < -0.39 is 50.5 Å². The molecule has 6 rings (SSSR count). The number of esters is 1. The Labute approximate surface area is 275 Å². The summed E-state index contributed by atoms with van der Waals surface area (Å²) in [5.41, 5.74) is -0.768. The zero-order chi connectivity index (χ0) is 34.1. The van der Waals surface area contributed by atoms with Crippen LogP contribution in [0.5, 0.6) is 11.6 Å². The molecule has 48 heavy (non-hydrogen) atoms. The van der Waals surface area contributed by atoms with Crippen molar-refractivity contribution < 1.29 is 42.1 Å². The van der Waals surface area contributed by atoms with Gasteiger partial charge in [-0.15, -0.1) is 0 Å². The van der Waals surface area contributed by atoms with Crippen LogP contribution in [0.1, 0.15) is 31.5 Å². The van der Waals surface area contributed by atoms with Gasteiger partial charge in [-0.3, -0.25) is 13.9 Å². The number of imidazole rings is 1. The minimum absolute atomic E-state index is 0.00377. The first-order valence-electron chi connectivity index (χ1n) is 15.2. The molecule has 252 valence electrons. The normalized spacial score (nSPS) is 22.8. The first-order valence-corrected chi connectivity index (χ1v) is 16.7. The lowest BCUT2D eigenvalue weighted by molar-refractivity contribution is -0.146. The van der Waals surface area contributed by atoms with E-state index in [9.17, 15) is 14.5 Å². The number of aryl methyl sites for hydroxylation is 1. The van der Waals surface area contributed by atoms with Gasteiger partial charge in [0, 0.05) is 5.39 Å². The van der Waals surface area contributed by atoms with Crippen molar-refractivity contribution in [1.82, 2.24) is 24.6 Å². The highest BCUT2D eigenvalue weighted by atomic mass is 31.2. The van der Waals surface area contributed by atoms with Crippen LogP contribution in [-0.4, -0.2) is 68.2 Å². The lowest BCUT2D eigenvalue weighted by Gasteiger charge is -2.26. The molecule has 1 saturated heterocycles. The third kappa shape index (κ3) is 6.75. The fourth-order valence-corrected chi connectivity index (χ4v) is 7.00. The van der Waals surface area contributed by atoms with Crippen LogP contribution >= 0.6 is 7.75 Å². The number of benzene rings is 3. The second-order valence-corrected chi connectivity index (χ2v) is 13.3. The number of alkyl halides is 1. The second-order valence-electron chi connectivity index (χ2n) is 11.6. The minimum atomic E-state index is -4.44. The van der Waals surface area contributed by atoms with E-state index in [-0.39, 0.29) is 23.9 Å². The highest BCUT2D eigenvalue weighted by Gasteiger charge is 2.55. The first-order chi connectivity index (χ1) is 23.0. The smallest absolute Gasteiger partial charge is 0.459 e. The van der Waals surface area contributed by atoms with E-state index in [0.29, 0.717) is 16.7 Å². The summed E-state index contributed by atoms with van der Waals surface area (Å²) >= 11 is 0.